The van der Waals surface area contributed by atoms with Gasteiger partial charge in [-0.15, -0.1) is 0 Å². The van der Waals surface area contributed by atoms with Crippen LogP contribution in [0.4, 0.5) is 0 Å². The minimum Gasteiger partial charge on any atom is -0.354 e. The molecule has 0 aliphatic rings. The van der Waals surface area contributed by atoms with Crippen LogP contribution in [0.15, 0.2) is 24.5 Å². The third-order valence-corrected chi connectivity index (χ3v) is 2.52. The fourth-order valence-corrected chi connectivity index (χ4v) is 1.55. The van der Waals surface area contributed by atoms with E-state index in [-0.39, 0.29) is 11.6 Å². The summed E-state index contributed by atoms with van der Waals surface area (Å²) in [6.07, 6.45) is 3.21. The second-order valence-electron chi connectivity index (χ2n) is 3.66. The van der Waals surface area contributed by atoms with E-state index < -0.39 is 0 Å². The second-order valence-corrected chi connectivity index (χ2v) is 3.66. The molecule has 0 aromatic carbocycles. The largest absolute Gasteiger partial charge is 0.354 e. The zero-order chi connectivity index (χ0) is 13.1. The van der Waals surface area contributed by atoms with E-state index in [2.05, 4.69) is 21.5 Å². The average Bonchev–Trinajstić information content (AvgIpc) is 2.87. The summed E-state index contributed by atoms with van der Waals surface area (Å²) in [7, 11) is 1.53. The van der Waals surface area contributed by atoms with Gasteiger partial charge in [-0.25, -0.2) is 9.67 Å². The molecule has 90 valence electrons. The lowest BCUT2D eigenvalue weighted by Crippen LogP contribution is -2.18. The molecule has 1 amide bonds. The lowest BCUT2D eigenvalue weighted by Gasteiger charge is -2.04. The Morgan fingerprint density at radius 1 is 1.50 bits per heavy atom. The predicted octanol–water partition coefficient (Wildman–Crippen LogP) is 0.807. The molecule has 0 atom stereocenters. The molecular formula is C12H11N5O. The molecule has 2 aromatic rings. The Kier molecular flexibility index (Phi) is 3.06. The molecule has 0 spiro atoms. The van der Waals surface area contributed by atoms with Crippen LogP contribution in [0, 0.1) is 18.3 Å². The van der Waals surface area contributed by atoms with Crippen LogP contribution in [0.2, 0.25) is 0 Å². The molecule has 6 heteroatoms. The Hall–Kier alpha value is -2.68. The molecule has 0 aliphatic carbocycles. The molecule has 2 heterocycles. The summed E-state index contributed by atoms with van der Waals surface area (Å²) < 4.78 is 1.43. The lowest BCUT2D eigenvalue weighted by molar-refractivity contribution is 0.0957. The van der Waals surface area contributed by atoms with Gasteiger partial charge in [0.1, 0.15) is 6.07 Å². The summed E-state index contributed by atoms with van der Waals surface area (Å²) in [5.41, 5.74) is 1.55. The summed E-state index contributed by atoms with van der Waals surface area (Å²) >= 11 is 0. The minimum absolute atomic E-state index is 0.278. The van der Waals surface area contributed by atoms with Gasteiger partial charge in [0.05, 0.1) is 5.56 Å². The zero-order valence-electron chi connectivity index (χ0n) is 10.0. The van der Waals surface area contributed by atoms with Gasteiger partial charge in [-0.05, 0) is 24.6 Å². The molecule has 2 rings (SSSR count). The first kappa shape index (κ1) is 11.8. The van der Waals surface area contributed by atoms with Crippen LogP contribution in [0.25, 0.3) is 5.82 Å². The number of pyridine rings is 1. The molecule has 0 radical (unpaired) electrons. The van der Waals surface area contributed by atoms with Crippen molar-refractivity contribution in [3.8, 4) is 11.9 Å². The van der Waals surface area contributed by atoms with Gasteiger partial charge in [-0.1, -0.05) is 0 Å². The van der Waals surface area contributed by atoms with E-state index in [1.54, 1.807) is 24.5 Å². The average molecular weight is 241 g/mol. The van der Waals surface area contributed by atoms with Crippen molar-refractivity contribution in [1.82, 2.24) is 20.1 Å². The highest BCUT2D eigenvalue weighted by atomic mass is 16.1. The van der Waals surface area contributed by atoms with E-state index in [0.29, 0.717) is 11.4 Å². The first-order chi connectivity index (χ1) is 8.67. The number of aryl methyl sites for hydroxylation is 1. The van der Waals surface area contributed by atoms with E-state index in [0.717, 1.165) is 5.56 Å². The van der Waals surface area contributed by atoms with E-state index in [9.17, 15) is 4.79 Å². The molecule has 0 bridgehead atoms. The number of aromatic nitrogens is 3. The van der Waals surface area contributed by atoms with Crippen LogP contribution < -0.4 is 5.32 Å². The molecule has 0 fully saturated rings. The van der Waals surface area contributed by atoms with E-state index in [1.165, 1.54) is 11.7 Å². The maximum atomic E-state index is 11.4. The van der Waals surface area contributed by atoms with Gasteiger partial charge in [0.2, 0.25) is 0 Å². The summed E-state index contributed by atoms with van der Waals surface area (Å²) in [5, 5.41) is 15.7. The van der Waals surface area contributed by atoms with E-state index in [1.807, 2.05) is 6.92 Å². The highest BCUT2D eigenvalue weighted by Crippen LogP contribution is 2.14. The maximum absolute atomic E-state index is 11.4. The van der Waals surface area contributed by atoms with Crippen LogP contribution in [0.3, 0.4) is 0 Å². The number of rotatable bonds is 2. The topological polar surface area (TPSA) is 83.6 Å². The number of hydrogen-bond donors (Lipinski definition) is 1. The van der Waals surface area contributed by atoms with Crippen molar-refractivity contribution >= 4 is 5.91 Å². The fraction of sp³-hybridized carbons (Fsp3) is 0.167. The van der Waals surface area contributed by atoms with Crippen molar-refractivity contribution in [3.05, 3.63) is 41.3 Å². The molecular weight excluding hydrogens is 230 g/mol. The highest BCUT2D eigenvalue weighted by molar-refractivity contribution is 5.91. The van der Waals surface area contributed by atoms with Crippen molar-refractivity contribution in [2.24, 2.45) is 0 Å². The van der Waals surface area contributed by atoms with Gasteiger partial charge in [0.25, 0.3) is 5.91 Å². The van der Waals surface area contributed by atoms with E-state index in [4.69, 9.17) is 5.26 Å². The normalized spacial score (nSPS) is 9.83. The number of carbonyl (C=O) groups is 1. The van der Waals surface area contributed by atoms with Gasteiger partial charge in [-0.3, -0.25) is 4.79 Å². The Labute approximate surface area is 104 Å². The third-order valence-electron chi connectivity index (χ3n) is 2.52. The Morgan fingerprint density at radius 3 is 2.94 bits per heavy atom. The number of amides is 1. The van der Waals surface area contributed by atoms with Crippen molar-refractivity contribution in [2.45, 2.75) is 6.92 Å². The quantitative estimate of drug-likeness (QED) is 0.843. The molecule has 6 nitrogen and oxygen atoms in total. The summed E-state index contributed by atoms with van der Waals surface area (Å²) in [6.45, 7) is 1.83. The molecule has 0 saturated carbocycles. The van der Waals surface area contributed by atoms with E-state index >= 15 is 0 Å². The standard InChI is InChI=1S/C12H11N5O/c1-8-3-5-15-11(9(8)7-13)17-6-4-10(16-17)12(18)14-2/h3-6H,1-2H3,(H,14,18). The van der Waals surface area contributed by atoms with Crippen molar-refractivity contribution in [2.75, 3.05) is 7.05 Å². The number of nitriles is 1. The Morgan fingerprint density at radius 2 is 2.28 bits per heavy atom. The molecule has 2 aromatic heterocycles. The summed E-state index contributed by atoms with van der Waals surface area (Å²) in [6, 6.07) is 5.42. The predicted molar refractivity (Wildman–Crippen MR) is 64.2 cm³/mol. The molecule has 0 unspecified atom stereocenters. The van der Waals surface area contributed by atoms with Gasteiger partial charge < -0.3 is 5.32 Å². The van der Waals surface area contributed by atoms with Crippen LogP contribution >= 0.6 is 0 Å². The minimum atomic E-state index is -0.278. The van der Waals surface area contributed by atoms with Gasteiger partial charge >= 0.3 is 0 Å². The monoisotopic (exact) mass is 241 g/mol. The van der Waals surface area contributed by atoms with Crippen molar-refractivity contribution < 1.29 is 4.79 Å². The first-order valence-electron chi connectivity index (χ1n) is 5.31. The third kappa shape index (κ3) is 1.94. The highest BCUT2D eigenvalue weighted by Gasteiger charge is 2.12. The number of carbonyl (C=O) groups excluding carboxylic acids is 1. The van der Waals surface area contributed by atoms with Gasteiger partial charge in [-0.2, -0.15) is 10.4 Å². The van der Waals surface area contributed by atoms with Crippen LogP contribution in [-0.4, -0.2) is 27.7 Å². The number of nitrogens with zero attached hydrogens (tertiary/aromatic N) is 4. The van der Waals surface area contributed by atoms with Gasteiger partial charge in [0.15, 0.2) is 11.5 Å². The van der Waals surface area contributed by atoms with Crippen LogP contribution in [-0.2, 0) is 0 Å². The summed E-state index contributed by atoms with van der Waals surface area (Å²) in [4.78, 5) is 15.5. The number of nitrogens with one attached hydrogen (secondary N) is 1. The molecule has 0 saturated heterocycles. The zero-order valence-corrected chi connectivity index (χ0v) is 10.0. The van der Waals surface area contributed by atoms with Crippen LogP contribution in [0.5, 0.6) is 0 Å². The molecule has 0 aliphatic heterocycles. The summed E-state index contributed by atoms with van der Waals surface area (Å²) in [5.74, 6) is 0.146. The number of hydrogen-bond acceptors (Lipinski definition) is 4. The SMILES string of the molecule is CNC(=O)c1ccn(-c2nccc(C)c2C#N)n1. The first-order valence-corrected chi connectivity index (χ1v) is 5.31. The van der Waals surface area contributed by atoms with Crippen molar-refractivity contribution in [1.29, 1.82) is 5.26 Å². The smallest absolute Gasteiger partial charge is 0.271 e. The van der Waals surface area contributed by atoms with Crippen LogP contribution in [0.1, 0.15) is 21.6 Å². The fourth-order valence-electron chi connectivity index (χ4n) is 1.55. The second kappa shape index (κ2) is 4.67. The Bertz CT molecular complexity index is 638. The maximum Gasteiger partial charge on any atom is 0.271 e. The molecule has 18 heavy (non-hydrogen) atoms. The molecule has 1 N–H and O–H groups in total. The Balaban J connectivity index is 2.50. The lowest BCUT2D eigenvalue weighted by atomic mass is 10.1. The van der Waals surface area contributed by atoms with Crippen molar-refractivity contribution in [3.63, 3.8) is 0 Å². The van der Waals surface area contributed by atoms with Gasteiger partial charge in [0, 0.05) is 19.4 Å².